The van der Waals surface area contributed by atoms with Gasteiger partial charge in [-0.15, -0.1) is 0 Å². The number of carbonyl (C=O) groups excluding carboxylic acids is 2. The van der Waals surface area contributed by atoms with E-state index in [4.69, 9.17) is 25.9 Å². The summed E-state index contributed by atoms with van der Waals surface area (Å²) in [5, 5.41) is 14.6. The molecule has 1 aromatic carbocycles. The normalized spacial score (nSPS) is 10.3. The fourth-order valence-corrected chi connectivity index (χ4v) is 2.61. The standard InChI is InChI=1S/C18H19ClN2O6/c1-10-9-27-14(8-16(23)24)17(10)18(25)20-6-5-15(22)21-12-7-11(19)3-4-13(12)26-2/h3-4,7,9H,5-6,8H2,1-2H3,(H,20,25)(H,21,22)(H,23,24). The molecule has 3 N–H and O–H groups in total. The number of rotatable bonds is 8. The van der Waals surface area contributed by atoms with Crippen LogP contribution in [0.4, 0.5) is 5.69 Å². The zero-order valence-electron chi connectivity index (χ0n) is 14.8. The number of carbonyl (C=O) groups is 3. The Balaban J connectivity index is 1.92. The van der Waals surface area contributed by atoms with E-state index < -0.39 is 18.3 Å². The molecule has 0 aliphatic carbocycles. The highest BCUT2D eigenvalue weighted by Crippen LogP contribution is 2.27. The number of nitrogens with one attached hydrogen (secondary N) is 2. The minimum absolute atomic E-state index is 0.00652. The fourth-order valence-electron chi connectivity index (χ4n) is 2.44. The topological polar surface area (TPSA) is 118 Å². The van der Waals surface area contributed by atoms with Crippen molar-refractivity contribution in [1.29, 1.82) is 0 Å². The van der Waals surface area contributed by atoms with Gasteiger partial charge in [-0.3, -0.25) is 14.4 Å². The Bertz CT molecular complexity index is 862. The van der Waals surface area contributed by atoms with Crippen molar-refractivity contribution in [2.75, 3.05) is 19.0 Å². The Morgan fingerprint density at radius 2 is 2.04 bits per heavy atom. The molecular formula is C18H19ClN2O6. The molecule has 0 saturated heterocycles. The Kier molecular flexibility index (Phi) is 6.84. The third-order valence-corrected chi connectivity index (χ3v) is 3.90. The van der Waals surface area contributed by atoms with Gasteiger partial charge in [0.15, 0.2) is 0 Å². The van der Waals surface area contributed by atoms with Crippen LogP contribution in [0, 0.1) is 6.92 Å². The van der Waals surface area contributed by atoms with Gasteiger partial charge in [-0.05, 0) is 25.1 Å². The molecule has 0 unspecified atom stereocenters. The van der Waals surface area contributed by atoms with E-state index in [1.807, 2.05) is 0 Å². The summed E-state index contributed by atoms with van der Waals surface area (Å²) in [6, 6.07) is 4.83. The molecule has 2 amide bonds. The van der Waals surface area contributed by atoms with Crippen molar-refractivity contribution in [3.8, 4) is 5.75 Å². The van der Waals surface area contributed by atoms with E-state index in [0.717, 1.165) is 0 Å². The maximum absolute atomic E-state index is 12.3. The van der Waals surface area contributed by atoms with Gasteiger partial charge in [-0.25, -0.2) is 0 Å². The van der Waals surface area contributed by atoms with Crippen molar-refractivity contribution in [2.45, 2.75) is 19.8 Å². The first-order valence-electron chi connectivity index (χ1n) is 8.02. The lowest BCUT2D eigenvalue weighted by Gasteiger charge is -2.11. The lowest BCUT2D eigenvalue weighted by molar-refractivity contribution is -0.136. The number of hydrogen-bond acceptors (Lipinski definition) is 5. The first-order valence-corrected chi connectivity index (χ1v) is 8.40. The van der Waals surface area contributed by atoms with Crippen LogP contribution in [-0.2, 0) is 16.0 Å². The van der Waals surface area contributed by atoms with Gasteiger partial charge in [0.25, 0.3) is 5.91 Å². The van der Waals surface area contributed by atoms with Crippen LogP contribution in [0.15, 0.2) is 28.9 Å². The van der Waals surface area contributed by atoms with Crippen LogP contribution in [-0.4, -0.2) is 36.5 Å². The lowest BCUT2D eigenvalue weighted by atomic mass is 10.1. The second kappa shape index (κ2) is 9.09. The highest BCUT2D eigenvalue weighted by atomic mass is 35.5. The third kappa shape index (κ3) is 5.49. The first kappa shape index (κ1) is 20.3. The summed E-state index contributed by atoms with van der Waals surface area (Å²) in [7, 11) is 1.47. The van der Waals surface area contributed by atoms with Crippen LogP contribution in [0.5, 0.6) is 5.75 Å². The second-order valence-electron chi connectivity index (χ2n) is 5.69. The average molecular weight is 395 g/mol. The van der Waals surface area contributed by atoms with Crippen molar-refractivity contribution >= 4 is 35.1 Å². The maximum atomic E-state index is 12.3. The number of aryl methyl sites for hydroxylation is 1. The summed E-state index contributed by atoms with van der Waals surface area (Å²) in [5.41, 5.74) is 1.13. The van der Waals surface area contributed by atoms with Crippen LogP contribution < -0.4 is 15.4 Å². The molecule has 2 rings (SSSR count). The molecule has 1 aromatic heterocycles. The summed E-state index contributed by atoms with van der Waals surface area (Å²) >= 11 is 5.91. The number of carboxylic acid groups (broad SMARTS) is 1. The summed E-state index contributed by atoms with van der Waals surface area (Å²) in [6.07, 6.45) is 0.934. The number of amides is 2. The Hall–Kier alpha value is -3.00. The molecule has 0 aliphatic rings. The van der Waals surface area contributed by atoms with Gasteiger partial charge in [0.1, 0.15) is 17.9 Å². The maximum Gasteiger partial charge on any atom is 0.311 e. The molecule has 0 aliphatic heterocycles. The lowest BCUT2D eigenvalue weighted by Crippen LogP contribution is -2.28. The molecule has 0 saturated carbocycles. The quantitative estimate of drug-likeness (QED) is 0.633. The fraction of sp³-hybridized carbons (Fsp3) is 0.278. The number of halogens is 1. The van der Waals surface area contributed by atoms with E-state index in [2.05, 4.69) is 10.6 Å². The van der Waals surface area contributed by atoms with E-state index in [1.54, 1.807) is 25.1 Å². The van der Waals surface area contributed by atoms with Gasteiger partial charge < -0.3 is 24.9 Å². The van der Waals surface area contributed by atoms with Gasteiger partial charge in [-0.1, -0.05) is 11.6 Å². The minimum atomic E-state index is -1.10. The van der Waals surface area contributed by atoms with Crippen molar-refractivity contribution in [3.05, 3.63) is 46.4 Å². The van der Waals surface area contributed by atoms with Gasteiger partial charge >= 0.3 is 5.97 Å². The van der Waals surface area contributed by atoms with Crippen LogP contribution in [0.2, 0.25) is 5.02 Å². The Morgan fingerprint density at radius 1 is 1.30 bits per heavy atom. The van der Waals surface area contributed by atoms with E-state index in [9.17, 15) is 14.4 Å². The molecule has 27 heavy (non-hydrogen) atoms. The van der Waals surface area contributed by atoms with Gasteiger partial charge in [0.05, 0.1) is 24.6 Å². The second-order valence-corrected chi connectivity index (χ2v) is 6.12. The van der Waals surface area contributed by atoms with Crippen molar-refractivity contribution in [3.63, 3.8) is 0 Å². The number of furan rings is 1. The SMILES string of the molecule is COc1ccc(Cl)cc1NC(=O)CCNC(=O)c1c(C)coc1CC(=O)O. The smallest absolute Gasteiger partial charge is 0.311 e. The van der Waals surface area contributed by atoms with E-state index in [-0.39, 0.29) is 30.2 Å². The highest BCUT2D eigenvalue weighted by Gasteiger charge is 2.20. The van der Waals surface area contributed by atoms with Crippen LogP contribution in [0.1, 0.15) is 28.1 Å². The average Bonchev–Trinajstić information content (AvgIpc) is 2.94. The molecule has 8 nitrogen and oxygen atoms in total. The summed E-state index contributed by atoms with van der Waals surface area (Å²) in [4.78, 5) is 35.2. The zero-order valence-corrected chi connectivity index (χ0v) is 15.6. The van der Waals surface area contributed by atoms with E-state index >= 15 is 0 Å². The molecule has 0 bridgehead atoms. The molecular weight excluding hydrogens is 376 g/mol. The molecule has 9 heteroatoms. The van der Waals surface area contributed by atoms with Crippen LogP contribution >= 0.6 is 11.6 Å². The molecule has 0 radical (unpaired) electrons. The summed E-state index contributed by atoms with van der Waals surface area (Å²) < 4.78 is 10.3. The van der Waals surface area contributed by atoms with Crippen molar-refractivity contribution in [2.24, 2.45) is 0 Å². The molecule has 0 fully saturated rings. The largest absolute Gasteiger partial charge is 0.495 e. The van der Waals surface area contributed by atoms with Crippen LogP contribution in [0.3, 0.4) is 0 Å². The number of ether oxygens (including phenoxy) is 1. The monoisotopic (exact) mass is 394 g/mol. The predicted molar refractivity (Wildman–Crippen MR) is 98.4 cm³/mol. The molecule has 0 atom stereocenters. The number of hydrogen-bond donors (Lipinski definition) is 3. The van der Waals surface area contributed by atoms with Gasteiger partial charge in [-0.2, -0.15) is 0 Å². The summed E-state index contributed by atoms with van der Waals surface area (Å²) in [5.74, 6) is -1.40. The highest BCUT2D eigenvalue weighted by molar-refractivity contribution is 6.31. The number of anilines is 1. The number of carboxylic acids is 1. The van der Waals surface area contributed by atoms with E-state index in [1.165, 1.54) is 13.4 Å². The molecule has 2 aromatic rings. The minimum Gasteiger partial charge on any atom is -0.495 e. The predicted octanol–water partition coefficient (Wildman–Crippen LogP) is 2.64. The number of benzene rings is 1. The summed E-state index contributed by atoms with van der Waals surface area (Å²) in [6.45, 7) is 1.70. The zero-order chi connectivity index (χ0) is 20.0. The number of methoxy groups -OCH3 is 1. The molecule has 1 heterocycles. The number of aliphatic carboxylic acids is 1. The molecule has 144 valence electrons. The van der Waals surface area contributed by atoms with E-state index in [0.29, 0.717) is 22.0 Å². The molecule has 0 spiro atoms. The van der Waals surface area contributed by atoms with Crippen LogP contribution in [0.25, 0.3) is 0 Å². The van der Waals surface area contributed by atoms with Gasteiger partial charge in [0, 0.05) is 23.6 Å². The van der Waals surface area contributed by atoms with Gasteiger partial charge in [0.2, 0.25) is 5.91 Å². The Labute approximate surface area is 160 Å². The van der Waals surface area contributed by atoms with Crippen molar-refractivity contribution < 1.29 is 28.6 Å². The third-order valence-electron chi connectivity index (χ3n) is 3.66. The van der Waals surface area contributed by atoms with Crippen molar-refractivity contribution in [1.82, 2.24) is 5.32 Å². The Morgan fingerprint density at radius 3 is 2.70 bits per heavy atom. The first-order chi connectivity index (χ1) is 12.8.